The van der Waals surface area contributed by atoms with Crippen LogP contribution in [0.3, 0.4) is 0 Å². The van der Waals surface area contributed by atoms with Crippen LogP contribution in [0.15, 0.2) is 23.0 Å². The van der Waals surface area contributed by atoms with E-state index in [9.17, 15) is 14.4 Å². The highest BCUT2D eigenvalue weighted by Gasteiger charge is 2.79. The zero-order valence-corrected chi connectivity index (χ0v) is 27.5. The summed E-state index contributed by atoms with van der Waals surface area (Å²) in [4.78, 5) is 38.3. The average molecular weight is 585 g/mol. The van der Waals surface area contributed by atoms with Gasteiger partial charge in [-0.2, -0.15) is 0 Å². The summed E-state index contributed by atoms with van der Waals surface area (Å²) in [6.07, 6.45) is 9.42. The van der Waals surface area contributed by atoms with Crippen molar-refractivity contribution in [3.05, 3.63) is 23.0 Å². The van der Waals surface area contributed by atoms with E-state index in [1.54, 1.807) is 0 Å². The molecule has 4 fully saturated rings. The smallest absolute Gasteiger partial charge is 0.312 e. The molecule has 5 rings (SSSR count). The molecule has 0 bridgehead atoms. The van der Waals surface area contributed by atoms with Crippen molar-refractivity contribution < 1.29 is 33.3 Å². The lowest BCUT2D eigenvalue weighted by atomic mass is 9.45. The second-order valence-electron chi connectivity index (χ2n) is 15.9. The lowest BCUT2D eigenvalue weighted by Gasteiger charge is -2.58. The van der Waals surface area contributed by atoms with Crippen molar-refractivity contribution in [3.63, 3.8) is 0 Å². The highest BCUT2D eigenvalue weighted by molar-refractivity contribution is 5.79. The van der Waals surface area contributed by atoms with Gasteiger partial charge in [0, 0.05) is 30.6 Å². The van der Waals surface area contributed by atoms with E-state index in [1.165, 1.54) is 26.5 Å². The van der Waals surface area contributed by atoms with Gasteiger partial charge in [0.1, 0.15) is 17.5 Å². The number of epoxide rings is 1. The quantitative estimate of drug-likeness (QED) is 0.146. The predicted molar refractivity (Wildman–Crippen MR) is 159 cm³/mol. The normalized spacial score (nSPS) is 42.0. The molecule has 0 N–H and O–H groups in total. The van der Waals surface area contributed by atoms with E-state index < -0.39 is 11.0 Å². The molecule has 0 radical (unpaired) electrons. The van der Waals surface area contributed by atoms with Gasteiger partial charge in [-0.1, -0.05) is 40.2 Å². The van der Waals surface area contributed by atoms with Gasteiger partial charge in [-0.05, 0) is 94.6 Å². The van der Waals surface area contributed by atoms with Crippen LogP contribution in [0.1, 0.15) is 120 Å². The Morgan fingerprint density at radius 2 is 1.60 bits per heavy atom. The van der Waals surface area contributed by atoms with E-state index in [-0.39, 0.29) is 57.7 Å². The van der Waals surface area contributed by atoms with Gasteiger partial charge in [0.15, 0.2) is 0 Å². The van der Waals surface area contributed by atoms with Gasteiger partial charge in [0.2, 0.25) is 0 Å². The predicted octanol–water partition coefficient (Wildman–Crippen LogP) is 7.23. The summed E-state index contributed by atoms with van der Waals surface area (Å²) < 4.78 is 24.4. The second kappa shape index (κ2) is 9.93. The van der Waals surface area contributed by atoms with Crippen molar-refractivity contribution in [3.8, 4) is 0 Å². The molecular weight excluding hydrogens is 532 g/mol. The number of methoxy groups -OCH3 is 1. The van der Waals surface area contributed by atoms with E-state index in [1.807, 2.05) is 0 Å². The van der Waals surface area contributed by atoms with Crippen molar-refractivity contribution in [2.24, 2.45) is 33.5 Å². The SMILES string of the molecule is COC(=O)[C@@]12CCC(C)=C(/C(=C\[C@@]34O[C@]3(C)CC[C@H]3C(C)(C)[C@@H](OC(C)=O)CC[C@@]34C)OC(C)=O)[C@@H]1CC(C)(C)CC2. The Morgan fingerprint density at radius 1 is 0.905 bits per heavy atom. The third-order valence-electron chi connectivity index (χ3n) is 12.5. The third kappa shape index (κ3) is 4.50. The molecule has 4 aliphatic carbocycles. The molecule has 7 heteroatoms. The summed E-state index contributed by atoms with van der Waals surface area (Å²) in [5.41, 5.74) is 0.0165. The Labute approximate surface area is 252 Å². The van der Waals surface area contributed by atoms with Gasteiger partial charge in [-0.15, -0.1) is 0 Å². The average Bonchev–Trinajstić information content (AvgIpc) is 3.50. The fourth-order valence-corrected chi connectivity index (χ4v) is 10.2. The summed E-state index contributed by atoms with van der Waals surface area (Å²) in [5, 5.41) is 0. The summed E-state index contributed by atoms with van der Waals surface area (Å²) in [5.74, 6) is -0.0928. The van der Waals surface area contributed by atoms with E-state index in [2.05, 4.69) is 54.5 Å². The second-order valence-corrected chi connectivity index (χ2v) is 15.9. The number of rotatable bonds is 5. The number of ether oxygens (including phenoxy) is 4. The van der Waals surface area contributed by atoms with Crippen molar-refractivity contribution in [2.45, 2.75) is 137 Å². The van der Waals surface area contributed by atoms with Crippen LogP contribution in [-0.2, 0) is 33.3 Å². The third-order valence-corrected chi connectivity index (χ3v) is 12.5. The van der Waals surface area contributed by atoms with Crippen LogP contribution in [0.4, 0.5) is 0 Å². The number of hydrogen-bond acceptors (Lipinski definition) is 7. The maximum Gasteiger partial charge on any atom is 0.312 e. The Kier molecular flexibility index (Phi) is 7.40. The van der Waals surface area contributed by atoms with Crippen LogP contribution < -0.4 is 0 Å². The molecule has 5 aliphatic rings. The number of esters is 3. The van der Waals surface area contributed by atoms with E-state index in [0.717, 1.165) is 63.4 Å². The molecule has 3 saturated carbocycles. The highest BCUT2D eigenvalue weighted by atomic mass is 16.6. The van der Waals surface area contributed by atoms with Gasteiger partial charge in [0.05, 0.1) is 18.1 Å². The van der Waals surface area contributed by atoms with Crippen LogP contribution >= 0.6 is 0 Å². The van der Waals surface area contributed by atoms with E-state index >= 15 is 0 Å². The number of hydrogen-bond donors (Lipinski definition) is 0. The molecule has 7 nitrogen and oxygen atoms in total. The molecule has 0 amide bonds. The fourth-order valence-electron chi connectivity index (χ4n) is 10.2. The molecule has 1 saturated heterocycles. The van der Waals surface area contributed by atoms with Crippen molar-refractivity contribution >= 4 is 17.9 Å². The maximum atomic E-state index is 13.5. The molecule has 234 valence electrons. The molecule has 0 aromatic rings. The molecule has 7 atom stereocenters. The number of fused-ring (bicyclic) bond motifs is 4. The standard InChI is InChI=1S/C35H52O7/c1-21-11-16-34(29(38)39-10)18-17-30(4,5)19-24(34)28(21)25(40-22(2)36)20-35-32(8)14-13-27(41-23(3)37)31(6,7)26(32)12-15-33(35,9)42-35/h20,24,26-27H,11-19H2,1-10H3/b25-20+/t24-,26-,27-,32-,33+,34+,35-/m0/s1. The molecule has 0 spiro atoms. The molecular formula is C35H52O7. The molecule has 42 heavy (non-hydrogen) atoms. The topological polar surface area (TPSA) is 91.4 Å². The number of carbonyl (C=O) groups excluding carboxylic acids is 3. The highest BCUT2D eigenvalue weighted by Crippen LogP contribution is 2.74. The van der Waals surface area contributed by atoms with Gasteiger partial charge < -0.3 is 18.9 Å². The summed E-state index contributed by atoms with van der Waals surface area (Å²) >= 11 is 0. The minimum atomic E-state index is -0.644. The lowest BCUT2D eigenvalue weighted by Crippen LogP contribution is -2.60. The number of carbonyl (C=O) groups is 3. The molecule has 0 unspecified atom stereocenters. The van der Waals surface area contributed by atoms with Crippen molar-refractivity contribution in [1.29, 1.82) is 0 Å². The van der Waals surface area contributed by atoms with Crippen molar-refractivity contribution in [2.75, 3.05) is 7.11 Å². The first-order chi connectivity index (χ1) is 19.4. The largest absolute Gasteiger partial charge is 0.469 e. The molecule has 0 aromatic heterocycles. The van der Waals surface area contributed by atoms with Crippen LogP contribution in [0, 0.1) is 33.5 Å². The zero-order chi connectivity index (χ0) is 31.1. The zero-order valence-electron chi connectivity index (χ0n) is 27.5. The maximum absolute atomic E-state index is 13.5. The van der Waals surface area contributed by atoms with Crippen LogP contribution in [0.25, 0.3) is 0 Å². The summed E-state index contributed by atoms with van der Waals surface area (Å²) in [6, 6.07) is 0. The van der Waals surface area contributed by atoms with Crippen LogP contribution in [0.5, 0.6) is 0 Å². The molecule has 0 aromatic carbocycles. The first-order valence-electron chi connectivity index (χ1n) is 16.0. The lowest BCUT2D eigenvalue weighted by molar-refractivity contribution is -0.174. The minimum Gasteiger partial charge on any atom is -0.469 e. The summed E-state index contributed by atoms with van der Waals surface area (Å²) in [6.45, 7) is 18.5. The van der Waals surface area contributed by atoms with Gasteiger partial charge in [0.25, 0.3) is 0 Å². The van der Waals surface area contributed by atoms with Crippen LogP contribution in [0.2, 0.25) is 0 Å². The van der Waals surface area contributed by atoms with Crippen molar-refractivity contribution in [1.82, 2.24) is 0 Å². The Morgan fingerprint density at radius 3 is 2.21 bits per heavy atom. The molecule has 1 heterocycles. The van der Waals surface area contributed by atoms with Gasteiger partial charge in [-0.3, -0.25) is 14.4 Å². The Bertz CT molecular complexity index is 1240. The number of allylic oxidation sites excluding steroid dienone is 2. The Balaban J connectivity index is 1.64. The van der Waals surface area contributed by atoms with E-state index in [0.29, 0.717) is 5.76 Å². The first-order valence-corrected chi connectivity index (χ1v) is 16.0. The van der Waals surface area contributed by atoms with Crippen LogP contribution in [-0.4, -0.2) is 42.3 Å². The van der Waals surface area contributed by atoms with Gasteiger partial charge >= 0.3 is 17.9 Å². The monoisotopic (exact) mass is 584 g/mol. The fraction of sp³-hybridized carbons (Fsp3) is 0.800. The van der Waals surface area contributed by atoms with E-state index in [4.69, 9.17) is 18.9 Å². The Hall–Kier alpha value is -2.15. The molecule has 1 aliphatic heterocycles. The van der Waals surface area contributed by atoms with Gasteiger partial charge in [-0.25, -0.2) is 0 Å². The minimum absolute atomic E-state index is 0.0380. The first kappa shape index (κ1) is 31.3. The summed E-state index contributed by atoms with van der Waals surface area (Å²) in [7, 11) is 1.49.